The number of thiophene rings is 1. The number of hydrogen-bond donors (Lipinski definition) is 1. The van der Waals surface area contributed by atoms with Crippen LogP contribution in [-0.2, 0) is 6.54 Å². The van der Waals surface area contributed by atoms with Gasteiger partial charge in [-0.3, -0.25) is 0 Å². The van der Waals surface area contributed by atoms with Crippen LogP contribution in [0.25, 0.3) is 0 Å². The van der Waals surface area contributed by atoms with Gasteiger partial charge in [-0.2, -0.15) is 0 Å². The Kier molecular flexibility index (Phi) is 4.36. The van der Waals surface area contributed by atoms with Gasteiger partial charge in [0.25, 0.3) is 0 Å². The lowest BCUT2D eigenvalue weighted by atomic mass is 10.3. The number of alkyl halides is 3. The highest BCUT2D eigenvalue weighted by Crippen LogP contribution is 2.25. The highest BCUT2D eigenvalue weighted by atomic mass is 79.9. The summed E-state index contributed by atoms with van der Waals surface area (Å²) in [7, 11) is 0. The second kappa shape index (κ2) is 5.83. The van der Waals surface area contributed by atoms with Crippen molar-refractivity contribution in [1.29, 1.82) is 0 Å². The highest BCUT2D eigenvalue weighted by Gasteiger charge is 2.30. The van der Waals surface area contributed by atoms with E-state index in [0.29, 0.717) is 6.54 Å². The first-order chi connectivity index (χ1) is 8.92. The van der Waals surface area contributed by atoms with Crippen LogP contribution in [0, 0.1) is 0 Å². The van der Waals surface area contributed by atoms with Gasteiger partial charge in [0, 0.05) is 12.2 Å². The first kappa shape index (κ1) is 14.2. The first-order valence-electron chi connectivity index (χ1n) is 5.25. The quantitative estimate of drug-likeness (QED) is 0.834. The second-order valence-corrected chi connectivity index (χ2v) is 5.98. The lowest BCUT2D eigenvalue weighted by Crippen LogP contribution is -2.17. The van der Waals surface area contributed by atoms with Crippen LogP contribution >= 0.6 is 27.3 Å². The Bertz CT molecular complexity index is 539. The van der Waals surface area contributed by atoms with E-state index < -0.39 is 6.36 Å². The molecule has 0 amide bonds. The number of nitrogens with one attached hydrogen (secondary N) is 1. The van der Waals surface area contributed by atoms with Gasteiger partial charge in [-0.15, -0.1) is 24.5 Å². The van der Waals surface area contributed by atoms with Crippen molar-refractivity contribution in [2.45, 2.75) is 12.9 Å². The topological polar surface area (TPSA) is 21.3 Å². The molecule has 0 atom stereocenters. The fourth-order valence-electron chi connectivity index (χ4n) is 1.42. The molecule has 0 spiro atoms. The number of anilines is 1. The van der Waals surface area contributed by atoms with Crippen molar-refractivity contribution in [2.24, 2.45) is 0 Å². The van der Waals surface area contributed by atoms with Gasteiger partial charge in [-0.05, 0) is 57.2 Å². The van der Waals surface area contributed by atoms with Crippen LogP contribution in [0.2, 0.25) is 0 Å². The molecule has 2 aromatic rings. The molecule has 0 saturated heterocycles. The largest absolute Gasteiger partial charge is 0.573 e. The molecule has 0 bridgehead atoms. The summed E-state index contributed by atoms with van der Waals surface area (Å²) < 4.78 is 40.7. The van der Waals surface area contributed by atoms with E-state index in [1.807, 2.05) is 11.4 Å². The molecule has 1 aromatic carbocycles. The van der Waals surface area contributed by atoms with E-state index in [4.69, 9.17) is 0 Å². The number of rotatable bonds is 4. The summed E-state index contributed by atoms with van der Waals surface area (Å²) in [4.78, 5) is 0. The molecule has 102 valence electrons. The lowest BCUT2D eigenvalue weighted by molar-refractivity contribution is -0.274. The van der Waals surface area contributed by atoms with Crippen LogP contribution in [-0.4, -0.2) is 6.36 Å². The molecule has 7 heteroatoms. The van der Waals surface area contributed by atoms with Gasteiger partial charge in [-0.1, -0.05) is 0 Å². The molecular formula is C12H9BrF3NOS. The Morgan fingerprint density at radius 2 is 1.89 bits per heavy atom. The summed E-state index contributed by atoms with van der Waals surface area (Å²) in [5, 5.41) is 5.11. The number of halogens is 4. The molecule has 2 nitrogen and oxygen atoms in total. The molecule has 2 rings (SSSR count). The minimum absolute atomic E-state index is 0.226. The van der Waals surface area contributed by atoms with Gasteiger partial charge in [-0.25, -0.2) is 0 Å². The van der Waals surface area contributed by atoms with Crippen LogP contribution in [0.4, 0.5) is 18.9 Å². The van der Waals surface area contributed by atoms with Crippen LogP contribution in [0.5, 0.6) is 5.75 Å². The molecule has 0 aliphatic carbocycles. The summed E-state index contributed by atoms with van der Waals surface area (Å²) in [6.07, 6.45) is -4.65. The summed E-state index contributed by atoms with van der Waals surface area (Å²) in [5.41, 5.74) is 1.84. The molecule has 0 radical (unpaired) electrons. The average molecular weight is 352 g/mol. The maximum Gasteiger partial charge on any atom is 0.573 e. The second-order valence-electron chi connectivity index (χ2n) is 3.68. The molecule has 0 aliphatic rings. The van der Waals surface area contributed by atoms with Gasteiger partial charge in [0.15, 0.2) is 0 Å². The monoisotopic (exact) mass is 351 g/mol. The summed E-state index contributed by atoms with van der Waals surface area (Å²) in [6, 6.07) is 7.63. The van der Waals surface area contributed by atoms with E-state index in [1.165, 1.54) is 12.1 Å². The Morgan fingerprint density at radius 3 is 2.42 bits per heavy atom. The number of hydrogen-bond acceptors (Lipinski definition) is 3. The minimum Gasteiger partial charge on any atom is -0.406 e. The Morgan fingerprint density at radius 1 is 1.21 bits per heavy atom. The van der Waals surface area contributed by atoms with Crippen molar-refractivity contribution in [3.05, 3.63) is 45.1 Å². The standard InChI is InChI=1S/C12H9BrF3NOS/c13-11-5-8(7-19-11)6-17-9-1-3-10(4-2-9)18-12(14,15)16/h1-5,7,17H,6H2. The fourth-order valence-corrected chi connectivity index (χ4v) is 2.63. The third kappa shape index (κ3) is 4.76. The van der Waals surface area contributed by atoms with Gasteiger partial charge < -0.3 is 10.1 Å². The van der Waals surface area contributed by atoms with E-state index in [2.05, 4.69) is 26.0 Å². The minimum atomic E-state index is -4.65. The summed E-state index contributed by atoms with van der Waals surface area (Å²) in [6.45, 7) is 0.613. The normalized spacial score (nSPS) is 11.4. The van der Waals surface area contributed by atoms with Crippen molar-refractivity contribution < 1.29 is 17.9 Å². The molecule has 0 saturated carbocycles. The molecule has 1 N–H and O–H groups in total. The average Bonchev–Trinajstić information content (AvgIpc) is 2.72. The molecule has 19 heavy (non-hydrogen) atoms. The number of benzene rings is 1. The van der Waals surface area contributed by atoms with Crippen LogP contribution < -0.4 is 10.1 Å². The van der Waals surface area contributed by atoms with Gasteiger partial charge >= 0.3 is 6.36 Å². The van der Waals surface area contributed by atoms with Crippen LogP contribution in [0.3, 0.4) is 0 Å². The Labute approximate surface area is 120 Å². The van der Waals surface area contributed by atoms with Crippen molar-refractivity contribution in [2.75, 3.05) is 5.32 Å². The van der Waals surface area contributed by atoms with E-state index in [0.717, 1.165) is 15.0 Å². The van der Waals surface area contributed by atoms with Crippen molar-refractivity contribution in [3.8, 4) is 5.75 Å². The van der Waals surface area contributed by atoms with Gasteiger partial charge in [0.1, 0.15) is 5.75 Å². The Balaban J connectivity index is 1.91. The van der Waals surface area contributed by atoms with E-state index in [9.17, 15) is 13.2 Å². The maximum atomic E-state index is 12.0. The predicted molar refractivity (Wildman–Crippen MR) is 72.5 cm³/mol. The first-order valence-corrected chi connectivity index (χ1v) is 6.92. The predicted octanol–water partition coefficient (Wildman–Crippen LogP) is 5.02. The van der Waals surface area contributed by atoms with Crippen molar-refractivity contribution in [3.63, 3.8) is 0 Å². The zero-order valence-electron chi connectivity index (χ0n) is 9.50. The van der Waals surface area contributed by atoms with Crippen LogP contribution in [0.1, 0.15) is 5.56 Å². The SMILES string of the molecule is FC(F)(F)Oc1ccc(NCc2csc(Br)c2)cc1. The molecule has 1 aromatic heterocycles. The molecule has 0 fully saturated rings. The van der Waals surface area contributed by atoms with E-state index in [-0.39, 0.29) is 5.75 Å². The van der Waals surface area contributed by atoms with E-state index in [1.54, 1.807) is 23.5 Å². The fraction of sp³-hybridized carbons (Fsp3) is 0.167. The third-order valence-electron chi connectivity index (χ3n) is 2.21. The van der Waals surface area contributed by atoms with Crippen molar-refractivity contribution in [1.82, 2.24) is 0 Å². The van der Waals surface area contributed by atoms with Gasteiger partial charge in [0.2, 0.25) is 0 Å². The lowest BCUT2D eigenvalue weighted by Gasteiger charge is -2.10. The van der Waals surface area contributed by atoms with Crippen LogP contribution in [0.15, 0.2) is 39.5 Å². The molecular weight excluding hydrogens is 343 g/mol. The third-order valence-corrected chi connectivity index (χ3v) is 3.76. The summed E-state index contributed by atoms with van der Waals surface area (Å²) >= 11 is 4.94. The smallest absolute Gasteiger partial charge is 0.406 e. The maximum absolute atomic E-state index is 12.0. The zero-order valence-corrected chi connectivity index (χ0v) is 11.9. The highest BCUT2D eigenvalue weighted by molar-refractivity contribution is 9.11. The molecule has 0 unspecified atom stereocenters. The Hall–Kier alpha value is -1.21. The number of ether oxygens (including phenoxy) is 1. The zero-order chi connectivity index (χ0) is 13.9. The summed E-state index contributed by atoms with van der Waals surface area (Å²) in [5.74, 6) is -0.226. The molecule has 0 aliphatic heterocycles. The van der Waals surface area contributed by atoms with Crippen molar-refractivity contribution >= 4 is 33.0 Å². The molecule has 1 heterocycles. The van der Waals surface area contributed by atoms with Gasteiger partial charge in [0.05, 0.1) is 3.79 Å². The van der Waals surface area contributed by atoms with E-state index >= 15 is 0 Å².